The Labute approximate surface area is 187 Å². The summed E-state index contributed by atoms with van der Waals surface area (Å²) in [4.78, 5) is 12.8. The molecule has 1 fully saturated rings. The molecule has 0 aromatic heterocycles. The Kier molecular flexibility index (Phi) is 8.15. The fourth-order valence-electron chi connectivity index (χ4n) is 3.06. The third-order valence-corrected chi connectivity index (χ3v) is 6.80. The summed E-state index contributed by atoms with van der Waals surface area (Å²) < 4.78 is 36.0. The summed E-state index contributed by atoms with van der Waals surface area (Å²) in [7, 11) is -2.19. The third kappa shape index (κ3) is 5.46. The lowest BCUT2D eigenvalue weighted by Gasteiger charge is -2.13. The zero-order valence-corrected chi connectivity index (χ0v) is 18.7. The minimum atomic E-state index is -3.59. The highest BCUT2D eigenvalue weighted by atomic mass is 35.5. The summed E-state index contributed by atoms with van der Waals surface area (Å²) in [6, 6.07) is 10.6. The number of amides is 1. The van der Waals surface area contributed by atoms with Crippen LogP contribution in [0.5, 0.6) is 5.75 Å². The maximum Gasteiger partial charge on any atom is 0.259 e. The molecule has 1 atom stereocenters. The average Bonchev–Trinajstić information content (AvgIpc) is 3.19. The van der Waals surface area contributed by atoms with Crippen LogP contribution in [0.2, 0.25) is 5.02 Å². The van der Waals surface area contributed by atoms with Crippen molar-refractivity contribution in [3.05, 3.63) is 52.5 Å². The number of hydrogen-bond acceptors (Lipinski definition) is 6. The lowest BCUT2D eigenvalue weighted by molar-refractivity contribution is 0.102. The second-order valence-electron chi connectivity index (χ2n) is 6.63. The fourth-order valence-corrected chi connectivity index (χ4v) is 4.93. The van der Waals surface area contributed by atoms with Gasteiger partial charge in [0, 0.05) is 12.3 Å². The van der Waals surface area contributed by atoms with Gasteiger partial charge in [0.15, 0.2) is 9.84 Å². The minimum Gasteiger partial charge on any atom is -0.496 e. The van der Waals surface area contributed by atoms with Crippen LogP contribution < -0.4 is 10.1 Å². The number of benzene rings is 2. The van der Waals surface area contributed by atoms with Gasteiger partial charge in [-0.1, -0.05) is 11.6 Å². The van der Waals surface area contributed by atoms with Gasteiger partial charge >= 0.3 is 0 Å². The minimum absolute atomic E-state index is 0. The van der Waals surface area contributed by atoms with Crippen molar-refractivity contribution in [2.24, 2.45) is 5.92 Å². The normalized spacial score (nSPS) is 15.7. The highest BCUT2D eigenvalue weighted by Gasteiger charge is 2.26. The van der Waals surface area contributed by atoms with Crippen molar-refractivity contribution >= 4 is 46.5 Å². The van der Waals surface area contributed by atoms with Crippen LogP contribution in [0, 0.1) is 17.2 Å². The van der Waals surface area contributed by atoms with Crippen LogP contribution in [0.3, 0.4) is 0 Å². The molecular weight excluding hydrogens is 448 g/mol. The first-order chi connectivity index (χ1) is 13.8. The van der Waals surface area contributed by atoms with Gasteiger partial charge in [0.2, 0.25) is 0 Å². The predicted octanol–water partition coefficient (Wildman–Crippen LogP) is 3.40. The van der Waals surface area contributed by atoms with Crippen molar-refractivity contribution in [1.29, 1.82) is 5.26 Å². The van der Waals surface area contributed by atoms with E-state index in [9.17, 15) is 13.2 Å². The molecule has 1 aliphatic heterocycles. The number of nitrogens with one attached hydrogen (secondary N) is 1. The van der Waals surface area contributed by atoms with Gasteiger partial charge in [-0.2, -0.15) is 18.8 Å². The molecule has 10 heteroatoms. The molecule has 0 spiro atoms. The summed E-state index contributed by atoms with van der Waals surface area (Å²) in [5, 5.41) is 11.8. The molecule has 1 heterocycles. The molecular formula is C20H21ClN2O5S2. The van der Waals surface area contributed by atoms with Crippen molar-refractivity contribution in [2.45, 2.75) is 11.3 Å². The van der Waals surface area contributed by atoms with Gasteiger partial charge in [-0.05, 0) is 48.7 Å². The van der Waals surface area contributed by atoms with Crippen molar-refractivity contribution < 1.29 is 22.7 Å². The molecule has 0 unspecified atom stereocenters. The predicted molar refractivity (Wildman–Crippen MR) is 118 cm³/mol. The number of ether oxygens (including phenoxy) is 2. The molecule has 30 heavy (non-hydrogen) atoms. The molecule has 1 aliphatic rings. The number of carbonyl (C=O) groups is 1. The molecule has 3 rings (SSSR count). The van der Waals surface area contributed by atoms with Crippen LogP contribution in [0.25, 0.3) is 0 Å². The Morgan fingerprint density at radius 2 is 2.10 bits per heavy atom. The third-order valence-electron chi connectivity index (χ3n) is 4.60. The molecule has 0 bridgehead atoms. The van der Waals surface area contributed by atoms with E-state index in [4.69, 9.17) is 26.3 Å². The molecule has 160 valence electrons. The Balaban J connectivity index is 0.00000320. The zero-order chi connectivity index (χ0) is 21.0. The highest BCUT2D eigenvalue weighted by molar-refractivity contribution is 7.91. The number of anilines is 1. The number of halogens is 1. The quantitative estimate of drug-likeness (QED) is 0.696. The zero-order valence-electron chi connectivity index (χ0n) is 16.1. The standard InChI is InChI=1S/C20H19ClN2O5S.H2S/c1-27-19-5-4-16(29(25,26)12-13-6-7-28-11-13)9-17(19)20(24)23-15-3-2-14(10-22)18(21)8-15;/h2-5,8-9,13H,6-7,11-12H2,1H3,(H,23,24);1H2/t13-;/m0./s1. The molecule has 1 saturated heterocycles. The second-order valence-corrected chi connectivity index (χ2v) is 9.08. The summed E-state index contributed by atoms with van der Waals surface area (Å²) in [5.74, 6) is -0.402. The number of nitriles is 1. The van der Waals surface area contributed by atoms with Crippen LogP contribution in [0.15, 0.2) is 41.3 Å². The maximum atomic E-state index is 12.8. The van der Waals surface area contributed by atoms with Crippen LogP contribution in [0.1, 0.15) is 22.3 Å². The van der Waals surface area contributed by atoms with E-state index in [2.05, 4.69) is 5.32 Å². The van der Waals surface area contributed by atoms with E-state index >= 15 is 0 Å². The van der Waals surface area contributed by atoms with E-state index in [-0.39, 0.29) is 52.0 Å². The molecule has 7 nitrogen and oxygen atoms in total. The van der Waals surface area contributed by atoms with Gasteiger partial charge in [-0.3, -0.25) is 4.79 Å². The molecule has 0 saturated carbocycles. The number of nitrogens with zero attached hydrogens (tertiary/aromatic N) is 1. The number of carbonyl (C=O) groups excluding carboxylic acids is 1. The van der Waals surface area contributed by atoms with Gasteiger partial charge in [-0.25, -0.2) is 8.42 Å². The molecule has 2 aromatic rings. The molecule has 1 amide bonds. The molecule has 2 aromatic carbocycles. The van der Waals surface area contributed by atoms with E-state index in [0.717, 1.165) is 0 Å². The number of sulfone groups is 1. The highest BCUT2D eigenvalue weighted by Crippen LogP contribution is 2.27. The van der Waals surface area contributed by atoms with Gasteiger partial charge in [0.25, 0.3) is 5.91 Å². The number of methoxy groups -OCH3 is 1. The van der Waals surface area contributed by atoms with E-state index in [1.807, 2.05) is 6.07 Å². The van der Waals surface area contributed by atoms with Gasteiger partial charge in [0.1, 0.15) is 11.8 Å². The van der Waals surface area contributed by atoms with E-state index < -0.39 is 15.7 Å². The summed E-state index contributed by atoms with van der Waals surface area (Å²) >= 11 is 6.00. The van der Waals surface area contributed by atoms with E-state index in [0.29, 0.717) is 25.3 Å². The Bertz CT molecular complexity index is 1080. The summed E-state index contributed by atoms with van der Waals surface area (Å²) in [6.45, 7) is 0.978. The van der Waals surface area contributed by atoms with Gasteiger partial charge < -0.3 is 14.8 Å². The lowest BCUT2D eigenvalue weighted by Crippen LogP contribution is -2.18. The summed E-state index contributed by atoms with van der Waals surface area (Å²) in [6.07, 6.45) is 0.697. The molecule has 0 aliphatic carbocycles. The Hall–Kier alpha value is -2.25. The first-order valence-electron chi connectivity index (χ1n) is 8.83. The largest absolute Gasteiger partial charge is 0.496 e. The van der Waals surface area contributed by atoms with Crippen molar-refractivity contribution in [3.8, 4) is 11.8 Å². The van der Waals surface area contributed by atoms with Crippen LogP contribution in [0.4, 0.5) is 5.69 Å². The number of rotatable bonds is 6. The fraction of sp³-hybridized carbons (Fsp3) is 0.300. The average molecular weight is 469 g/mol. The smallest absolute Gasteiger partial charge is 0.259 e. The van der Waals surface area contributed by atoms with Gasteiger partial charge in [0.05, 0.1) is 40.5 Å². The topological polar surface area (TPSA) is 105 Å². The van der Waals surface area contributed by atoms with Gasteiger partial charge in [-0.15, -0.1) is 0 Å². The lowest BCUT2D eigenvalue weighted by atomic mass is 10.1. The molecule has 1 N–H and O–H groups in total. The monoisotopic (exact) mass is 468 g/mol. The number of hydrogen-bond donors (Lipinski definition) is 1. The molecule has 0 radical (unpaired) electrons. The Morgan fingerprint density at radius 3 is 2.70 bits per heavy atom. The van der Waals surface area contributed by atoms with Crippen molar-refractivity contribution in [1.82, 2.24) is 0 Å². The van der Waals surface area contributed by atoms with Crippen LogP contribution in [-0.4, -0.2) is 40.4 Å². The first kappa shape index (κ1) is 24.0. The first-order valence-corrected chi connectivity index (χ1v) is 10.9. The van der Waals surface area contributed by atoms with E-state index in [1.54, 1.807) is 0 Å². The van der Waals surface area contributed by atoms with E-state index in [1.165, 1.54) is 43.5 Å². The summed E-state index contributed by atoms with van der Waals surface area (Å²) in [5.41, 5.74) is 0.736. The van der Waals surface area contributed by atoms with Crippen molar-refractivity contribution in [3.63, 3.8) is 0 Å². The van der Waals surface area contributed by atoms with Crippen molar-refractivity contribution in [2.75, 3.05) is 31.4 Å². The second kappa shape index (κ2) is 10.2. The van der Waals surface area contributed by atoms with Crippen LogP contribution in [-0.2, 0) is 14.6 Å². The SMILES string of the molecule is COc1ccc(S(=O)(=O)C[C@H]2CCOC2)cc1C(=O)Nc1ccc(C#N)c(Cl)c1.S. The van der Waals surface area contributed by atoms with Crippen LogP contribution >= 0.6 is 25.1 Å². The Morgan fingerprint density at radius 1 is 1.33 bits per heavy atom. The maximum absolute atomic E-state index is 12.8.